The normalized spacial score (nSPS) is 12.3. The van der Waals surface area contributed by atoms with Crippen molar-refractivity contribution in [3.8, 4) is 11.5 Å². The van der Waals surface area contributed by atoms with Gasteiger partial charge in [-0.1, -0.05) is 11.6 Å². The predicted molar refractivity (Wildman–Crippen MR) is 59.9 cm³/mol. The molecule has 1 aromatic carbocycles. The molecule has 1 aromatic rings. The molecule has 4 heteroatoms. The van der Waals surface area contributed by atoms with Gasteiger partial charge in [0.25, 0.3) is 0 Å². The van der Waals surface area contributed by atoms with Gasteiger partial charge in [-0.15, -0.1) is 0 Å². The quantitative estimate of drug-likeness (QED) is 0.863. The van der Waals surface area contributed by atoms with Crippen molar-refractivity contribution in [3.63, 3.8) is 0 Å². The van der Waals surface area contributed by atoms with Gasteiger partial charge in [-0.05, 0) is 25.0 Å². The Kier molecular flexibility index (Phi) is 4.24. The molecule has 0 aliphatic rings. The van der Waals surface area contributed by atoms with Gasteiger partial charge < -0.3 is 14.6 Å². The third kappa shape index (κ3) is 3.01. The Balaban J connectivity index is 3.08. The lowest BCUT2D eigenvalue weighted by molar-refractivity contribution is 0.195. The lowest BCUT2D eigenvalue weighted by Gasteiger charge is -2.12. The molecule has 0 bridgehead atoms. The molecule has 1 unspecified atom stereocenters. The number of ether oxygens (including phenoxy) is 2. The van der Waals surface area contributed by atoms with Crippen LogP contribution in [0.15, 0.2) is 12.1 Å². The molecule has 0 aliphatic heterocycles. The Morgan fingerprint density at radius 2 is 1.80 bits per heavy atom. The van der Waals surface area contributed by atoms with E-state index in [1.54, 1.807) is 33.3 Å². The van der Waals surface area contributed by atoms with E-state index in [0.717, 1.165) is 5.56 Å². The predicted octanol–water partition coefficient (Wildman–Crippen LogP) is 2.28. The monoisotopic (exact) mass is 230 g/mol. The van der Waals surface area contributed by atoms with Gasteiger partial charge in [0.2, 0.25) is 0 Å². The van der Waals surface area contributed by atoms with Crippen LogP contribution in [0.4, 0.5) is 0 Å². The van der Waals surface area contributed by atoms with E-state index in [4.69, 9.17) is 21.1 Å². The van der Waals surface area contributed by atoms with Crippen molar-refractivity contribution in [2.75, 3.05) is 14.2 Å². The summed E-state index contributed by atoms with van der Waals surface area (Å²) in [6.07, 6.45) is 0.0692. The second-order valence-electron chi connectivity index (χ2n) is 3.35. The Morgan fingerprint density at radius 3 is 2.27 bits per heavy atom. The van der Waals surface area contributed by atoms with Gasteiger partial charge in [0.15, 0.2) is 11.5 Å². The van der Waals surface area contributed by atoms with Crippen molar-refractivity contribution >= 4 is 11.6 Å². The smallest absolute Gasteiger partial charge is 0.162 e. The number of hydrogen-bond acceptors (Lipinski definition) is 3. The van der Waals surface area contributed by atoms with Crippen LogP contribution in [0.25, 0.3) is 0 Å². The molecule has 0 saturated carbocycles. The average molecular weight is 231 g/mol. The second-order valence-corrected chi connectivity index (χ2v) is 3.76. The zero-order valence-corrected chi connectivity index (χ0v) is 9.84. The molecule has 0 heterocycles. The van der Waals surface area contributed by atoms with Crippen LogP contribution >= 0.6 is 11.6 Å². The standard InChI is InChI=1S/C11H15ClO3/c1-7(13)4-8-5-10(14-2)11(15-3)6-9(8)12/h5-7,13H,4H2,1-3H3. The third-order valence-corrected chi connectivity index (χ3v) is 2.42. The van der Waals surface area contributed by atoms with Gasteiger partial charge in [-0.3, -0.25) is 0 Å². The van der Waals surface area contributed by atoms with Crippen molar-refractivity contribution in [1.82, 2.24) is 0 Å². The first kappa shape index (κ1) is 12.1. The maximum absolute atomic E-state index is 9.29. The van der Waals surface area contributed by atoms with Gasteiger partial charge in [-0.2, -0.15) is 0 Å². The highest BCUT2D eigenvalue weighted by molar-refractivity contribution is 6.31. The van der Waals surface area contributed by atoms with Crippen molar-refractivity contribution in [3.05, 3.63) is 22.7 Å². The molecule has 0 spiro atoms. The molecule has 0 saturated heterocycles. The fourth-order valence-electron chi connectivity index (χ4n) is 1.37. The van der Waals surface area contributed by atoms with Crippen LogP contribution < -0.4 is 9.47 Å². The van der Waals surface area contributed by atoms with Crippen LogP contribution in [0.5, 0.6) is 11.5 Å². The molecule has 0 radical (unpaired) electrons. The number of aliphatic hydroxyl groups excluding tert-OH is 1. The molecule has 1 rings (SSSR count). The number of aliphatic hydroxyl groups is 1. The minimum atomic E-state index is -0.430. The topological polar surface area (TPSA) is 38.7 Å². The van der Waals surface area contributed by atoms with Gasteiger partial charge in [-0.25, -0.2) is 0 Å². The summed E-state index contributed by atoms with van der Waals surface area (Å²) in [5.74, 6) is 1.22. The minimum absolute atomic E-state index is 0.430. The van der Waals surface area contributed by atoms with E-state index in [2.05, 4.69) is 0 Å². The van der Waals surface area contributed by atoms with Crippen molar-refractivity contribution in [2.24, 2.45) is 0 Å². The highest BCUT2D eigenvalue weighted by Gasteiger charge is 2.11. The number of rotatable bonds is 4. The lowest BCUT2D eigenvalue weighted by Crippen LogP contribution is -2.05. The summed E-state index contributed by atoms with van der Waals surface area (Å²) in [5.41, 5.74) is 0.851. The zero-order valence-electron chi connectivity index (χ0n) is 9.08. The summed E-state index contributed by atoms with van der Waals surface area (Å²) in [4.78, 5) is 0. The van der Waals surface area contributed by atoms with E-state index in [1.165, 1.54) is 0 Å². The molecular formula is C11H15ClO3. The summed E-state index contributed by atoms with van der Waals surface area (Å²) in [6, 6.07) is 3.48. The highest BCUT2D eigenvalue weighted by Crippen LogP contribution is 2.33. The Morgan fingerprint density at radius 1 is 1.27 bits per heavy atom. The number of methoxy groups -OCH3 is 2. The summed E-state index contributed by atoms with van der Waals surface area (Å²) in [6.45, 7) is 1.72. The van der Waals surface area contributed by atoms with E-state index in [9.17, 15) is 5.11 Å². The molecular weight excluding hydrogens is 216 g/mol. The van der Waals surface area contributed by atoms with Crippen LogP contribution in [-0.2, 0) is 6.42 Å². The van der Waals surface area contributed by atoms with Crippen LogP contribution in [0, 0.1) is 0 Å². The Bertz CT molecular complexity index is 337. The number of benzene rings is 1. The molecule has 0 fully saturated rings. The van der Waals surface area contributed by atoms with E-state index in [0.29, 0.717) is 22.9 Å². The SMILES string of the molecule is COc1cc(Cl)c(CC(C)O)cc1OC. The summed E-state index contributed by atoms with van der Waals surface area (Å²) < 4.78 is 10.3. The molecule has 0 amide bonds. The fourth-order valence-corrected chi connectivity index (χ4v) is 1.60. The first-order chi connectivity index (χ1) is 7.08. The first-order valence-corrected chi connectivity index (χ1v) is 5.04. The third-order valence-electron chi connectivity index (χ3n) is 2.07. The molecule has 1 atom stereocenters. The number of hydrogen-bond donors (Lipinski definition) is 1. The van der Waals surface area contributed by atoms with Crippen molar-refractivity contribution < 1.29 is 14.6 Å². The van der Waals surface area contributed by atoms with Crippen molar-refractivity contribution in [1.29, 1.82) is 0 Å². The zero-order chi connectivity index (χ0) is 11.4. The highest BCUT2D eigenvalue weighted by atomic mass is 35.5. The van der Waals surface area contributed by atoms with E-state index < -0.39 is 6.10 Å². The summed E-state index contributed by atoms with van der Waals surface area (Å²) in [5, 5.41) is 9.87. The molecule has 3 nitrogen and oxygen atoms in total. The summed E-state index contributed by atoms with van der Waals surface area (Å²) in [7, 11) is 3.13. The second kappa shape index (κ2) is 5.24. The molecule has 15 heavy (non-hydrogen) atoms. The van der Waals surface area contributed by atoms with Gasteiger partial charge in [0.1, 0.15) is 0 Å². The van der Waals surface area contributed by atoms with E-state index in [1.807, 2.05) is 0 Å². The average Bonchev–Trinajstić information content (AvgIpc) is 2.19. The Hall–Kier alpha value is -0.930. The van der Waals surface area contributed by atoms with Crippen LogP contribution in [0.3, 0.4) is 0 Å². The van der Waals surface area contributed by atoms with Crippen LogP contribution in [0.1, 0.15) is 12.5 Å². The first-order valence-electron chi connectivity index (χ1n) is 4.67. The van der Waals surface area contributed by atoms with Gasteiger partial charge in [0, 0.05) is 11.1 Å². The molecule has 0 aromatic heterocycles. The Labute approximate surface area is 94.6 Å². The molecule has 84 valence electrons. The van der Waals surface area contributed by atoms with Gasteiger partial charge >= 0.3 is 0 Å². The largest absolute Gasteiger partial charge is 0.493 e. The van der Waals surface area contributed by atoms with Gasteiger partial charge in [0.05, 0.1) is 20.3 Å². The molecule has 0 aliphatic carbocycles. The summed E-state index contributed by atoms with van der Waals surface area (Å²) >= 11 is 6.03. The maximum Gasteiger partial charge on any atom is 0.162 e. The lowest BCUT2D eigenvalue weighted by atomic mass is 10.1. The maximum atomic E-state index is 9.29. The minimum Gasteiger partial charge on any atom is -0.493 e. The van der Waals surface area contributed by atoms with Crippen molar-refractivity contribution in [2.45, 2.75) is 19.4 Å². The van der Waals surface area contributed by atoms with E-state index >= 15 is 0 Å². The van der Waals surface area contributed by atoms with Crippen LogP contribution in [0.2, 0.25) is 5.02 Å². The van der Waals surface area contributed by atoms with E-state index in [-0.39, 0.29) is 0 Å². The fraction of sp³-hybridized carbons (Fsp3) is 0.455. The van der Waals surface area contributed by atoms with Crippen LogP contribution in [-0.4, -0.2) is 25.4 Å². The number of halogens is 1. The molecule has 1 N–H and O–H groups in total.